The third-order valence-electron chi connectivity index (χ3n) is 6.12. The summed E-state index contributed by atoms with van der Waals surface area (Å²) >= 11 is 0. The van der Waals surface area contributed by atoms with Crippen LogP contribution in [0.1, 0.15) is 60.3 Å². The molecule has 7 nitrogen and oxygen atoms in total. The van der Waals surface area contributed by atoms with Crippen molar-refractivity contribution in [3.8, 4) is 11.6 Å². The third-order valence-corrected chi connectivity index (χ3v) is 6.12. The van der Waals surface area contributed by atoms with Gasteiger partial charge in [-0.05, 0) is 56.4 Å². The number of aryl methyl sites for hydroxylation is 1. The maximum atomic E-state index is 6.08. The number of ether oxygens (including phenoxy) is 1. The van der Waals surface area contributed by atoms with Crippen LogP contribution in [0.2, 0.25) is 0 Å². The molecule has 1 fully saturated rings. The van der Waals surface area contributed by atoms with E-state index in [1.54, 1.807) is 6.20 Å². The van der Waals surface area contributed by atoms with Crippen LogP contribution >= 0.6 is 0 Å². The molecule has 0 saturated heterocycles. The van der Waals surface area contributed by atoms with Crippen LogP contribution in [-0.4, -0.2) is 31.0 Å². The van der Waals surface area contributed by atoms with Gasteiger partial charge in [-0.25, -0.2) is 4.98 Å². The molecule has 5 rings (SSSR count). The molecule has 0 aliphatic heterocycles. The molecule has 1 aromatic carbocycles. The summed E-state index contributed by atoms with van der Waals surface area (Å²) in [4.78, 5) is 4.29. The van der Waals surface area contributed by atoms with Crippen molar-refractivity contribution in [2.24, 2.45) is 0 Å². The highest BCUT2D eigenvalue weighted by Gasteiger charge is 2.29. The second-order valence-corrected chi connectivity index (χ2v) is 8.47. The van der Waals surface area contributed by atoms with E-state index in [2.05, 4.69) is 55.7 Å². The lowest BCUT2D eigenvalue weighted by atomic mass is 9.86. The molecule has 7 heteroatoms. The first kappa shape index (κ1) is 21.1. The maximum Gasteiger partial charge on any atom is 0.213 e. The molecule has 1 saturated carbocycles. The fourth-order valence-electron chi connectivity index (χ4n) is 4.44. The van der Waals surface area contributed by atoms with Gasteiger partial charge in [0, 0.05) is 29.9 Å². The molecular weight excluding hydrogens is 414 g/mol. The Bertz CT molecular complexity index is 1210. The van der Waals surface area contributed by atoms with Gasteiger partial charge in [0.05, 0.1) is 12.1 Å². The fraction of sp³-hybridized carbons (Fsp3) is 0.308. The van der Waals surface area contributed by atoms with Crippen LogP contribution in [-0.2, 0) is 6.42 Å². The number of hydrogen-bond acceptors (Lipinski definition) is 6. The molecule has 0 N–H and O–H groups in total. The lowest BCUT2D eigenvalue weighted by Crippen LogP contribution is -2.25. The predicted octanol–water partition coefficient (Wildman–Crippen LogP) is 5.30. The van der Waals surface area contributed by atoms with Crippen LogP contribution in [0.25, 0.3) is 11.8 Å². The Morgan fingerprint density at radius 1 is 1.09 bits per heavy atom. The summed E-state index contributed by atoms with van der Waals surface area (Å²) in [5, 5.41) is 13.4. The Morgan fingerprint density at radius 2 is 1.91 bits per heavy atom. The van der Waals surface area contributed by atoms with E-state index < -0.39 is 0 Å². The van der Waals surface area contributed by atoms with Crippen LogP contribution in [0.4, 0.5) is 0 Å². The predicted molar refractivity (Wildman–Crippen MR) is 125 cm³/mol. The first-order valence-electron chi connectivity index (χ1n) is 11.4. The highest BCUT2D eigenvalue weighted by atomic mass is 16.5. The summed E-state index contributed by atoms with van der Waals surface area (Å²) in [7, 11) is 0. The van der Waals surface area contributed by atoms with E-state index in [4.69, 9.17) is 9.26 Å². The van der Waals surface area contributed by atoms with E-state index in [1.807, 2.05) is 37.3 Å². The number of nitrogens with zero attached hydrogens (tertiary/aromatic N) is 5. The van der Waals surface area contributed by atoms with Gasteiger partial charge in [0.25, 0.3) is 0 Å². The first-order chi connectivity index (χ1) is 16.2. The molecule has 168 valence electrons. The zero-order valence-corrected chi connectivity index (χ0v) is 18.7. The summed E-state index contributed by atoms with van der Waals surface area (Å²) < 4.78 is 13.5. The third kappa shape index (κ3) is 4.72. The summed E-state index contributed by atoms with van der Waals surface area (Å²) in [5.74, 6) is 3.65. The van der Waals surface area contributed by atoms with Gasteiger partial charge in [-0.3, -0.25) is 4.57 Å². The molecule has 1 aliphatic rings. The smallest absolute Gasteiger partial charge is 0.213 e. The van der Waals surface area contributed by atoms with E-state index >= 15 is 0 Å². The second kappa shape index (κ2) is 9.40. The van der Waals surface area contributed by atoms with Crippen molar-refractivity contribution in [1.29, 1.82) is 0 Å². The molecule has 4 aromatic rings. The Balaban J connectivity index is 1.39. The van der Waals surface area contributed by atoms with Gasteiger partial charge in [0.2, 0.25) is 5.88 Å². The quantitative estimate of drug-likeness (QED) is 0.387. The van der Waals surface area contributed by atoms with Gasteiger partial charge in [0.1, 0.15) is 23.5 Å². The minimum absolute atomic E-state index is 0.178. The van der Waals surface area contributed by atoms with Gasteiger partial charge in [-0.15, -0.1) is 10.2 Å². The number of pyridine rings is 1. The SMILES string of the molecule is C=Cc1ccc(-n2c(Cc3cc(C)on3)nnc2C2CCC(Oc3ccccn3)CC2)cc1. The van der Waals surface area contributed by atoms with Crippen molar-refractivity contribution < 1.29 is 9.26 Å². The van der Waals surface area contributed by atoms with Crippen molar-refractivity contribution in [1.82, 2.24) is 24.9 Å². The Hall–Kier alpha value is -3.74. The number of benzene rings is 1. The summed E-state index contributed by atoms with van der Waals surface area (Å²) in [5.41, 5.74) is 2.97. The number of rotatable bonds is 7. The van der Waals surface area contributed by atoms with Gasteiger partial charge in [0.15, 0.2) is 0 Å². The summed E-state index contributed by atoms with van der Waals surface area (Å²) in [6, 6.07) is 16.0. The van der Waals surface area contributed by atoms with Gasteiger partial charge < -0.3 is 9.26 Å². The maximum absolute atomic E-state index is 6.08. The van der Waals surface area contributed by atoms with E-state index in [1.165, 1.54) is 0 Å². The molecule has 1 aliphatic carbocycles. The number of aromatic nitrogens is 5. The van der Waals surface area contributed by atoms with Gasteiger partial charge in [-0.1, -0.05) is 36.0 Å². The van der Waals surface area contributed by atoms with Crippen LogP contribution in [0, 0.1) is 6.92 Å². The average Bonchev–Trinajstić information content (AvgIpc) is 3.46. The Labute approximate surface area is 193 Å². The van der Waals surface area contributed by atoms with Crippen molar-refractivity contribution in [3.63, 3.8) is 0 Å². The molecule has 0 spiro atoms. The van der Waals surface area contributed by atoms with Crippen molar-refractivity contribution in [3.05, 3.63) is 90.0 Å². The molecule has 0 bridgehead atoms. The highest BCUT2D eigenvalue weighted by molar-refractivity contribution is 5.50. The standard InChI is InChI=1S/C26H27N5O2/c1-3-19-7-11-22(12-8-19)31-24(17-21-16-18(2)33-30-21)28-29-26(31)20-9-13-23(14-10-20)32-25-6-4-5-15-27-25/h3-8,11-12,15-16,20,23H,1,9-10,13-14,17H2,2H3. The Kier molecular flexibility index (Phi) is 6.02. The van der Waals surface area contributed by atoms with Crippen LogP contribution in [0.5, 0.6) is 5.88 Å². The van der Waals surface area contributed by atoms with Crippen molar-refractivity contribution >= 4 is 6.08 Å². The Morgan fingerprint density at radius 3 is 2.58 bits per heavy atom. The lowest BCUT2D eigenvalue weighted by molar-refractivity contribution is 0.139. The minimum Gasteiger partial charge on any atom is -0.474 e. The molecule has 0 atom stereocenters. The normalized spacial score (nSPS) is 18.2. The molecule has 0 unspecified atom stereocenters. The zero-order chi connectivity index (χ0) is 22.6. The molecule has 3 aromatic heterocycles. The molecule has 0 radical (unpaired) electrons. The molecule has 3 heterocycles. The van der Waals surface area contributed by atoms with Crippen molar-refractivity contribution in [2.75, 3.05) is 0 Å². The summed E-state index contributed by atoms with van der Waals surface area (Å²) in [6.07, 6.45) is 8.25. The lowest BCUT2D eigenvalue weighted by Gasteiger charge is -2.28. The molecule has 33 heavy (non-hydrogen) atoms. The molecule has 0 amide bonds. The van der Waals surface area contributed by atoms with Gasteiger partial charge in [-0.2, -0.15) is 0 Å². The monoisotopic (exact) mass is 441 g/mol. The second-order valence-electron chi connectivity index (χ2n) is 8.47. The first-order valence-corrected chi connectivity index (χ1v) is 11.4. The minimum atomic E-state index is 0.178. The fourth-order valence-corrected chi connectivity index (χ4v) is 4.44. The van der Waals surface area contributed by atoms with E-state index in [9.17, 15) is 0 Å². The largest absolute Gasteiger partial charge is 0.474 e. The van der Waals surface area contributed by atoms with E-state index in [0.717, 1.165) is 60.0 Å². The highest BCUT2D eigenvalue weighted by Crippen LogP contribution is 2.35. The average molecular weight is 442 g/mol. The number of hydrogen-bond donors (Lipinski definition) is 0. The zero-order valence-electron chi connectivity index (χ0n) is 18.7. The van der Waals surface area contributed by atoms with Gasteiger partial charge >= 0.3 is 0 Å². The van der Waals surface area contributed by atoms with E-state index in [-0.39, 0.29) is 6.10 Å². The summed E-state index contributed by atoms with van der Waals surface area (Å²) in [6.45, 7) is 5.76. The van der Waals surface area contributed by atoms with E-state index in [0.29, 0.717) is 18.2 Å². The van der Waals surface area contributed by atoms with Crippen LogP contribution in [0.3, 0.4) is 0 Å². The van der Waals surface area contributed by atoms with Crippen LogP contribution in [0.15, 0.2) is 65.8 Å². The van der Waals surface area contributed by atoms with Crippen LogP contribution < -0.4 is 4.74 Å². The van der Waals surface area contributed by atoms with Crippen molar-refractivity contribution in [2.45, 2.75) is 51.0 Å². The molecular formula is C26H27N5O2. The topological polar surface area (TPSA) is 78.9 Å².